The fraction of sp³-hybridized carbons (Fsp3) is 0.647. The predicted molar refractivity (Wildman–Crippen MR) is 82.1 cm³/mol. The molecular weight excluding hydrogens is 248 g/mol. The summed E-state index contributed by atoms with van der Waals surface area (Å²) in [5.74, 6) is 1.77. The van der Waals surface area contributed by atoms with E-state index in [1.165, 1.54) is 37.8 Å². The number of hydrogen-bond donors (Lipinski definition) is 1. The Hall–Kier alpha value is -1.06. The summed E-state index contributed by atoms with van der Waals surface area (Å²) in [5, 5.41) is 3.83. The minimum atomic E-state index is 0.523. The van der Waals surface area contributed by atoms with Crippen molar-refractivity contribution in [1.82, 2.24) is 10.2 Å². The second-order valence-electron chi connectivity index (χ2n) is 6.27. The number of benzene rings is 1. The van der Waals surface area contributed by atoms with Gasteiger partial charge in [-0.15, -0.1) is 0 Å². The van der Waals surface area contributed by atoms with Crippen LogP contribution in [-0.4, -0.2) is 38.2 Å². The molecule has 1 aromatic carbocycles. The maximum atomic E-state index is 5.25. The maximum absolute atomic E-state index is 5.25. The van der Waals surface area contributed by atoms with Crippen LogP contribution in [0.1, 0.15) is 37.3 Å². The van der Waals surface area contributed by atoms with Gasteiger partial charge in [-0.1, -0.05) is 12.1 Å². The first-order chi connectivity index (χ1) is 9.78. The number of methoxy groups -OCH3 is 1. The molecule has 0 bridgehead atoms. The fourth-order valence-electron chi connectivity index (χ4n) is 3.30. The van der Waals surface area contributed by atoms with Gasteiger partial charge in [-0.2, -0.15) is 0 Å². The molecule has 2 fully saturated rings. The lowest BCUT2D eigenvalue weighted by atomic mass is 10.0. The Morgan fingerprint density at radius 3 is 2.55 bits per heavy atom. The highest BCUT2D eigenvalue weighted by Gasteiger charge is 2.33. The van der Waals surface area contributed by atoms with Gasteiger partial charge in [0.15, 0.2) is 0 Å². The van der Waals surface area contributed by atoms with Crippen molar-refractivity contribution in [2.24, 2.45) is 5.92 Å². The molecule has 1 heterocycles. The largest absolute Gasteiger partial charge is 0.497 e. The first-order valence-corrected chi connectivity index (χ1v) is 7.85. The third kappa shape index (κ3) is 3.15. The number of likely N-dealkylation sites (tertiary alicyclic amines) is 1. The monoisotopic (exact) mass is 274 g/mol. The van der Waals surface area contributed by atoms with Gasteiger partial charge in [0.05, 0.1) is 7.11 Å². The lowest BCUT2D eigenvalue weighted by Gasteiger charge is -2.25. The zero-order valence-electron chi connectivity index (χ0n) is 12.6. The van der Waals surface area contributed by atoms with Crippen molar-refractivity contribution < 1.29 is 4.74 Å². The van der Waals surface area contributed by atoms with Crippen molar-refractivity contribution in [3.05, 3.63) is 29.8 Å². The first kappa shape index (κ1) is 13.9. The molecule has 3 rings (SSSR count). The molecule has 2 unspecified atom stereocenters. The molecule has 0 radical (unpaired) electrons. The van der Waals surface area contributed by atoms with Gasteiger partial charge >= 0.3 is 0 Å². The Morgan fingerprint density at radius 2 is 2.00 bits per heavy atom. The van der Waals surface area contributed by atoms with E-state index < -0.39 is 0 Å². The van der Waals surface area contributed by atoms with E-state index in [9.17, 15) is 0 Å². The lowest BCUT2D eigenvalue weighted by molar-refractivity contribution is 0.287. The van der Waals surface area contributed by atoms with E-state index in [4.69, 9.17) is 4.74 Å². The minimum absolute atomic E-state index is 0.523. The third-order valence-corrected chi connectivity index (χ3v) is 4.81. The number of likely N-dealkylation sites (N-methyl/N-ethyl adjacent to an activating group) is 1. The highest BCUT2D eigenvalue weighted by atomic mass is 16.5. The number of rotatable bonds is 6. The molecule has 3 heteroatoms. The summed E-state index contributed by atoms with van der Waals surface area (Å²) in [6, 6.07) is 9.83. The molecule has 3 nitrogen and oxygen atoms in total. The van der Waals surface area contributed by atoms with Crippen LogP contribution in [0, 0.1) is 5.92 Å². The van der Waals surface area contributed by atoms with E-state index in [2.05, 4.69) is 41.5 Å². The van der Waals surface area contributed by atoms with Gasteiger partial charge in [0.2, 0.25) is 0 Å². The van der Waals surface area contributed by atoms with Crippen LogP contribution in [0.25, 0.3) is 0 Å². The van der Waals surface area contributed by atoms with Crippen LogP contribution in [0.2, 0.25) is 0 Å². The SMILES string of the molecule is COc1ccc(C(NCC2CCCN2C)C2CC2)cc1. The van der Waals surface area contributed by atoms with Crippen LogP contribution in [-0.2, 0) is 0 Å². The average molecular weight is 274 g/mol. The van der Waals surface area contributed by atoms with Gasteiger partial charge in [-0.25, -0.2) is 0 Å². The van der Waals surface area contributed by atoms with Crippen molar-refractivity contribution in [3.63, 3.8) is 0 Å². The van der Waals surface area contributed by atoms with Crippen molar-refractivity contribution in [2.75, 3.05) is 27.2 Å². The molecule has 1 N–H and O–H groups in total. The quantitative estimate of drug-likeness (QED) is 0.863. The summed E-state index contributed by atoms with van der Waals surface area (Å²) < 4.78 is 5.25. The van der Waals surface area contributed by atoms with Crippen LogP contribution < -0.4 is 10.1 Å². The van der Waals surface area contributed by atoms with Crippen LogP contribution in [0.15, 0.2) is 24.3 Å². The number of nitrogens with one attached hydrogen (secondary N) is 1. The van der Waals surface area contributed by atoms with Crippen LogP contribution in [0.5, 0.6) is 5.75 Å². The van der Waals surface area contributed by atoms with Crippen molar-refractivity contribution >= 4 is 0 Å². The molecule has 0 aromatic heterocycles. The summed E-state index contributed by atoms with van der Waals surface area (Å²) in [6.07, 6.45) is 5.41. The molecule has 110 valence electrons. The number of ether oxygens (including phenoxy) is 1. The zero-order chi connectivity index (χ0) is 13.9. The molecular formula is C17H26N2O. The summed E-state index contributed by atoms with van der Waals surface area (Å²) in [5.41, 5.74) is 1.41. The molecule has 1 aliphatic heterocycles. The van der Waals surface area contributed by atoms with Crippen LogP contribution in [0.3, 0.4) is 0 Å². The molecule has 0 spiro atoms. The topological polar surface area (TPSA) is 24.5 Å². The second kappa shape index (κ2) is 6.15. The predicted octanol–water partition coefficient (Wildman–Crippen LogP) is 2.83. The molecule has 1 saturated carbocycles. The maximum Gasteiger partial charge on any atom is 0.118 e. The molecule has 20 heavy (non-hydrogen) atoms. The van der Waals surface area contributed by atoms with Gasteiger partial charge in [-0.05, 0) is 62.9 Å². The highest BCUT2D eigenvalue weighted by Crippen LogP contribution is 2.41. The number of nitrogens with zero attached hydrogens (tertiary/aromatic N) is 1. The van der Waals surface area contributed by atoms with E-state index in [1.54, 1.807) is 7.11 Å². The van der Waals surface area contributed by atoms with Gasteiger partial charge in [0.25, 0.3) is 0 Å². The van der Waals surface area contributed by atoms with Crippen molar-refractivity contribution in [2.45, 2.75) is 37.8 Å². The normalized spacial score (nSPS) is 24.8. The van der Waals surface area contributed by atoms with E-state index in [1.807, 2.05) is 0 Å². The Labute approximate surface area is 122 Å². The van der Waals surface area contributed by atoms with Gasteiger partial charge in [0.1, 0.15) is 5.75 Å². The zero-order valence-corrected chi connectivity index (χ0v) is 12.6. The van der Waals surface area contributed by atoms with Crippen LogP contribution in [0.4, 0.5) is 0 Å². The Morgan fingerprint density at radius 1 is 1.25 bits per heavy atom. The first-order valence-electron chi connectivity index (χ1n) is 7.85. The van der Waals surface area contributed by atoms with Gasteiger partial charge < -0.3 is 15.0 Å². The van der Waals surface area contributed by atoms with E-state index in [-0.39, 0.29) is 0 Å². The molecule has 2 aliphatic rings. The van der Waals surface area contributed by atoms with E-state index in [0.29, 0.717) is 6.04 Å². The smallest absolute Gasteiger partial charge is 0.118 e. The number of hydrogen-bond acceptors (Lipinski definition) is 3. The summed E-state index contributed by atoms with van der Waals surface area (Å²) in [6.45, 7) is 2.37. The van der Waals surface area contributed by atoms with Crippen molar-refractivity contribution in [1.29, 1.82) is 0 Å². The standard InChI is InChI=1S/C17H26N2O/c1-19-11-3-4-15(19)12-18-17(13-5-6-13)14-7-9-16(20-2)10-8-14/h7-10,13,15,17-18H,3-6,11-12H2,1-2H3. The summed E-state index contributed by atoms with van der Waals surface area (Å²) in [4.78, 5) is 2.49. The highest BCUT2D eigenvalue weighted by molar-refractivity contribution is 5.30. The van der Waals surface area contributed by atoms with Crippen LogP contribution >= 0.6 is 0 Å². The van der Waals surface area contributed by atoms with E-state index >= 15 is 0 Å². The summed E-state index contributed by atoms with van der Waals surface area (Å²) in [7, 11) is 3.97. The fourth-order valence-corrected chi connectivity index (χ4v) is 3.30. The Bertz CT molecular complexity index is 427. The van der Waals surface area contributed by atoms with E-state index in [0.717, 1.165) is 24.3 Å². The van der Waals surface area contributed by atoms with Gasteiger partial charge in [0, 0.05) is 18.6 Å². The molecule has 0 amide bonds. The Kier molecular flexibility index (Phi) is 4.27. The van der Waals surface area contributed by atoms with Gasteiger partial charge in [-0.3, -0.25) is 0 Å². The Balaban J connectivity index is 1.62. The molecule has 1 aliphatic carbocycles. The molecule has 2 atom stereocenters. The summed E-state index contributed by atoms with van der Waals surface area (Å²) >= 11 is 0. The average Bonchev–Trinajstić information content (AvgIpc) is 3.23. The van der Waals surface area contributed by atoms with Crippen molar-refractivity contribution in [3.8, 4) is 5.75 Å². The molecule has 1 aromatic rings. The second-order valence-corrected chi connectivity index (χ2v) is 6.27. The minimum Gasteiger partial charge on any atom is -0.497 e. The molecule has 1 saturated heterocycles. The third-order valence-electron chi connectivity index (χ3n) is 4.81. The lowest BCUT2D eigenvalue weighted by Crippen LogP contribution is -2.37.